The highest BCUT2D eigenvalue weighted by molar-refractivity contribution is 6.79. The third-order valence-electron chi connectivity index (χ3n) is 3.30. The summed E-state index contributed by atoms with van der Waals surface area (Å²) in [5.41, 5.74) is 0. The van der Waals surface area contributed by atoms with Gasteiger partial charge in [0.15, 0.2) is 17.3 Å². The Morgan fingerprint density at radius 1 is 0.556 bits per heavy atom. The summed E-state index contributed by atoms with van der Waals surface area (Å²) >= 11 is 67.7. The lowest BCUT2D eigenvalue weighted by Gasteiger charge is -2.49. The maximum Gasteiger partial charge on any atom is 0.177 e. The van der Waals surface area contributed by atoms with E-state index in [2.05, 4.69) is 0 Å². The lowest BCUT2D eigenvalue weighted by Crippen LogP contribution is -2.66. The van der Waals surface area contributed by atoms with Gasteiger partial charge in [-0.2, -0.15) is 0 Å². The zero-order valence-corrected chi connectivity index (χ0v) is 16.1. The van der Waals surface area contributed by atoms with Crippen LogP contribution in [-0.2, 0) is 0 Å². The normalized spacial score (nSPS) is 50.5. The van der Waals surface area contributed by atoms with Crippen molar-refractivity contribution in [1.82, 2.24) is 0 Å². The maximum atomic E-state index is 6.31. The lowest BCUT2D eigenvalue weighted by molar-refractivity contribution is 0.450. The van der Waals surface area contributed by atoms with E-state index in [9.17, 15) is 0 Å². The second kappa shape index (κ2) is 4.18. The number of hydrogen-bond donors (Lipinski definition) is 0. The van der Waals surface area contributed by atoms with E-state index >= 15 is 0 Å². The molecule has 0 saturated heterocycles. The molecule has 106 valence electrons. The first kappa shape index (κ1) is 17.5. The molecule has 0 heterocycles. The van der Waals surface area contributed by atoms with Gasteiger partial charge in [0.05, 0.1) is 5.38 Å². The third kappa shape index (κ3) is 1.33. The van der Waals surface area contributed by atoms with E-state index in [0.29, 0.717) is 0 Å². The highest BCUT2D eigenvalue weighted by Gasteiger charge is 2.99. The molecular formula is C7HCl11. The lowest BCUT2D eigenvalue weighted by atomic mass is 9.95. The molecule has 0 nitrogen and oxygen atoms in total. The molecule has 0 aromatic carbocycles. The molecule has 2 rings (SSSR count). The summed E-state index contributed by atoms with van der Waals surface area (Å²) in [5.74, 6) is 0. The van der Waals surface area contributed by atoms with Crippen molar-refractivity contribution in [2.45, 2.75) is 32.5 Å². The fraction of sp³-hybridized carbons (Fsp3) is 1.00. The predicted molar refractivity (Wildman–Crippen MR) is 84.6 cm³/mol. The largest absolute Gasteiger partial charge is 0.177 e. The molecule has 11 heteroatoms. The molecule has 0 N–H and O–H groups in total. The smallest absolute Gasteiger partial charge is 0.117 e. The van der Waals surface area contributed by atoms with Crippen molar-refractivity contribution in [3.63, 3.8) is 0 Å². The average molecular weight is 475 g/mol. The summed E-state index contributed by atoms with van der Waals surface area (Å²) in [6.45, 7) is 0. The molecular weight excluding hydrogens is 474 g/mol. The molecule has 2 aliphatic carbocycles. The maximum absolute atomic E-state index is 6.31. The Morgan fingerprint density at radius 2 is 0.944 bits per heavy atom. The van der Waals surface area contributed by atoms with Crippen molar-refractivity contribution in [1.29, 1.82) is 0 Å². The van der Waals surface area contributed by atoms with Gasteiger partial charge in [-0.05, 0) is 0 Å². The quantitative estimate of drug-likeness (QED) is 0.363. The molecule has 2 fully saturated rings. The van der Waals surface area contributed by atoms with Crippen LogP contribution in [0.5, 0.6) is 0 Å². The molecule has 0 amide bonds. The van der Waals surface area contributed by atoms with Gasteiger partial charge in [-0.25, -0.2) is 0 Å². The molecule has 3 atom stereocenters. The van der Waals surface area contributed by atoms with Crippen molar-refractivity contribution in [3.8, 4) is 0 Å². The van der Waals surface area contributed by atoms with Crippen LogP contribution in [0.4, 0.5) is 0 Å². The Hall–Kier alpha value is 3.19. The van der Waals surface area contributed by atoms with Crippen molar-refractivity contribution < 1.29 is 0 Å². The van der Waals surface area contributed by atoms with Gasteiger partial charge in [0.1, 0.15) is 9.75 Å². The highest BCUT2D eigenvalue weighted by atomic mass is 35.6. The van der Waals surface area contributed by atoms with Gasteiger partial charge >= 0.3 is 0 Å². The van der Waals surface area contributed by atoms with Gasteiger partial charge in [-0.1, -0.05) is 92.8 Å². The van der Waals surface area contributed by atoms with Crippen molar-refractivity contribution >= 4 is 128 Å². The van der Waals surface area contributed by atoms with E-state index in [4.69, 9.17) is 128 Å². The van der Waals surface area contributed by atoms with E-state index in [1.165, 1.54) is 0 Å². The molecule has 0 spiro atoms. The van der Waals surface area contributed by atoms with Gasteiger partial charge in [0, 0.05) is 0 Å². The van der Waals surface area contributed by atoms with Gasteiger partial charge in [0.2, 0.25) is 0 Å². The minimum atomic E-state index is -2.15. The van der Waals surface area contributed by atoms with E-state index in [0.717, 1.165) is 0 Å². The first-order chi connectivity index (χ1) is 7.65. The van der Waals surface area contributed by atoms with Crippen molar-refractivity contribution in [2.24, 2.45) is 0 Å². The zero-order valence-electron chi connectivity index (χ0n) is 7.73. The van der Waals surface area contributed by atoms with Crippen LogP contribution in [0.3, 0.4) is 0 Å². The number of hydrogen-bond acceptors (Lipinski definition) is 0. The molecule has 0 aromatic heterocycles. The van der Waals surface area contributed by atoms with Crippen LogP contribution in [0.25, 0.3) is 0 Å². The molecule has 18 heavy (non-hydrogen) atoms. The van der Waals surface area contributed by atoms with Crippen LogP contribution in [0.15, 0.2) is 0 Å². The summed E-state index contributed by atoms with van der Waals surface area (Å²) in [5, 5.41) is -1.30. The van der Waals surface area contributed by atoms with Gasteiger partial charge in [-0.15, -0.1) is 34.8 Å². The Labute approximate surface area is 158 Å². The van der Waals surface area contributed by atoms with Crippen LogP contribution in [0.1, 0.15) is 0 Å². The van der Waals surface area contributed by atoms with Gasteiger partial charge in [-0.3, -0.25) is 0 Å². The van der Waals surface area contributed by atoms with E-state index in [1.54, 1.807) is 0 Å². The van der Waals surface area contributed by atoms with E-state index in [-0.39, 0.29) is 0 Å². The van der Waals surface area contributed by atoms with Crippen molar-refractivity contribution in [2.75, 3.05) is 0 Å². The first-order valence-corrected chi connectivity index (χ1v) is 8.40. The standard InChI is InChI=1S/C7HCl11/c8-1-2(9)5(13,14)4(12,3(1,10)11)7(17,18)6(2,15)16/h1H. The zero-order chi connectivity index (χ0) is 14.6. The Bertz CT molecular complexity index is 414. The van der Waals surface area contributed by atoms with Gasteiger partial charge in [0.25, 0.3) is 0 Å². The summed E-state index contributed by atoms with van der Waals surface area (Å²) in [4.78, 5) is -4.07. The minimum Gasteiger partial charge on any atom is -0.117 e. The second-order valence-electron chi connectivity index (χ2n) is 4.08. The summed E-state index contributed by atoms with van der Waals surface area (Å²) in [6.07, 6.45) is 0. The number of halogens is 11. The molecule has 3 unspecified atom stereocenters. The van der Waals surface area contributed by atoms with Crippen LogP contribution in [0, 0.1) is 0 Å². The Balaban J connectivity index is 2.90. The van der Waals surface area contributed by atoms with E-state index < -0.39 is 32.5 Å². The highest BCUT2D eigenvalue weighted by Crippen LogP contribution is 2.86. The molecule has 0 radical (unpaired) electrons. The Kier molecular flexibility index (Phi) is 4.07. The topological polar surface area (TPSA) is 0 Å². The Morgan fingerprint density at radius 3 is 1.22 bits per heavy atom. The van der Waals surface area contributed by atoms with Crippen LogP contribution in [-0.4, -0.2) is 32.5 Å². The SMILES string of the molecule is ClC1C(Cl)(Cl)C2(Cl)C(Cl)(Cl)C(Cl)(Cl)C1(Cl)C2(Cl)Cl. The third-order valence-corrected chi connectivity index (χ3v) is 11.8. The molecule has 2 bridgehead atoms. The molecule has 2 saturated carbocycles. The van der Waals surface area contributed by atoms with Crippen LogP contribution in [0.2, 0.25) is 0 Å². The average Bonchev–Trinajstić information content (AvgIpc) is 2.32. The fourth-order valence-corrected chi connectivity index (χ4v) is 8.64. The minimum absolute atomic E-state index is 1.30. The van der Waals surface area contributed by atoms with Crippen LogP contribution < -0.4 is 0 Å². The first-order valence-electron chi connectivity index (χ1n) is 4.19. The molecule has 0 aromatic rings. The van der Waals surface area contributed by atoms with E-state index in [1.807, 2.05) is 0 Å². The summed E-state index contributed by atoms with van der Waals surface area (Å²) in [7, 11) is 0. The van der Waals surface area contributed by atoms with Gasteiger partial charge < -0.3 is 0 Å². The van der Waals surface area contributed by atoms with Crippen molar-refractivity contribution in [3.05, 3.63) is 0 Å². The van der Waals surface area contributed by atoms with Crippen LogP contribution >= 0.6 is 128 Å². The summed E-state index contributed by atoms with van der Waals surface area (Å²) < 4.78 is -8.27. The molecule has 2 aliphatic rings. The summed E-state index contributed by atoms with van der Waals surface area (Å²) in [6, 6.07) is 0. The number of alkyl halides is 11. The molecule has 0 aliphatic heterocycles. The number of fused-ring (bicyclic) bond motifs is 2. The second-order valence-corrected chi connectivity index (χ2v) is 11.0. The fourth-order valence-electron chi connectivity index (χ4n) is 2.25. The number of rotatable bonds is 0. The predicted octanol–water partition coefficient (Wildman–Crippen LogP) is 6.27. The monoisotopic (exact) mass is 470 g/mol.